The second-order valence-electron chi connectivity index (χ2n) is 3.90. The molecule has 0 fully saturated rings. The van der Waals surface area contributed by atoms with Crippen molar-refractivity contribution < 1.29 is 4.92 Å². The molecule has 0 spiro atoms. The molecule has 18 heavy (non-hydrogen) atoms. The quantitative estimate of drug-likeness (QED) is 0.473. The van der Waals surface area contributed by atoms with Crippen LogP contribution in [-0.2, 0) is 6.54 Å². The van der Waals surface area contributed by atoms with Crippen molar-refractivity contribution in [2.24, 2.45) is 0 Å². The van der Waals surface area contributed by atoms with Crippen LogP contribution in [0.5, 0.6) is 0 Å². The number of aromatic nitrogens is 1. The summed E-state index contributed by atoms with van der Waals surface area (Å²) in [4.78, 5) is 21.8. The van der Waals surface area contributed by atoms with Crippen molar-refractivity contribution in [3.63, 3.8) is 0 Å². The Hall–Kier alpha value is -1.21. The fraction of sp³-hybridized carbons (Fsp3) is 0.545. The molecule has 0 unspecified atom stereocenters. The van der Waals surface area contributed by atoms with E-state index in [1.807, 2.05) is 0 Å². The van der Waals surface area contributed by atoms with Crippen LogP contribution in [0.3, 0.4) is 0 Å². The van der Waals surface area contributed by atoms with Gasteiger partial charge in [0.15, 0.2) is 0 Å². The molecule has 0 aliphatic carbocycles. The highest BCUT2D eigenvalue weighted by molar-refractivity contribution is 9.10. The minimum absolute atomic E-state index is 0.397. The van der Waals surface area contributed by atoms with E-state index in [1.54, 1.807) is 6.20 Å². The maximum absolute atomic E-state index is 11.8. The molecule has 0 aromatic carbocycles. The van der Waals surface area contributed by atoms with Crippen molar-refractivity contribution in [1.82, 2.24) is 9.88 Å². The molecule has 7 heteroatoms. The molecule has 1 rings (SSSR count). The number of nitrogens with one attached hydrogen (secondary N) is 1. The lowest BCUT2D eigenvalue weighted by Crippen LogP contribution is -2.24. The lowest BCUT2D eigenvalue weighted by molar-refractivity contribution is -0.386. The first kappa shape index (κ1) is 14.8. The number of nitro groups is 1. The van der Waals surface area contributed by atoms with Crippen molar-refractivity contribution in [2.45, 2.75) is 26.3 Å². The van der Waals surface area contributed by atoms with Gasteiger partial charge in [-0.15, -0.1) is 0 Å². The number of hydrogen-bond donors (Lipinski definition) is 1. The summed E-state index contributed by atoms with van der Waals surface area (Å²) >= 11 is 3.17. The normalized spacial score (nSPS) is 10.6. The molecule has 0 aliphatic rings. The first-order valence-corrected chi connectivity index (χ1v) is 6.60. The fourth-order valence-electron chi connectivity index (χ4n) is 1.56. The number of pyridine rings is 1. The van der Waals surface area contributed by atoms with Crippen LogP contribution in [0, 0.1) is 10.1 Å². The molecule has 6 nitrogen and oxygen atoms in total. The molecule has 0 amide bonds. The molecule has 1 aromatic rings. The number of nitrogens with zero attached hydrogens (tertiary/aromatic N) is 2. The van der Waals surface area contributed by atoms with E-state index in [0.717, 1.165) is 25.9 Å². The van der Waals surface area contributed by atoms with Crippen LogP contribution in [0.15, 0.2) is 21.5 Å². The van der Waals surface area contributed by atoms with Crippen LogP contribution in [0.4, 0.5) is 5.69 Å². The summed E-state index contributed by atoms with van der Waals surface area (Å²) in [6.45, 7) is 4.28. The summed E-state index contributed by atoms with van der Waals surface area (Å²) in [6, 6.07) is 1.23. The summed E-state index contributed by atoms with van der Waals surface area (Å²) in [5.74, 6) is 0. The largest absolute Gasteiger partial charge is 0.335 e. The van der Waals surface area contributed by atoms with Gasteiger partial charge in [-0.05, 0) is 41.9 Å². The summed E-state index contributed by atoms with van der Waals surface area (Å²) in [5, 5.41) is 13.9. The molecule has 0 saturated carbocycles. The molecule has 0 aliphatic heterocycles. The lowest BCUT2D eigenvalue weighted by Gasteiger charge is -2.07. The van der Waals surface area contributed by atoms with Crippen LogP contribution in [0.2, 0.25) is 0 Å². The predicted molar refractivity (Wildman–Crippen MR) is 72.8 cm³/mol. The topological polar surface area (TPSA) is 77.2 Å². The average Bonchev–Trinajstić information content (AvgIpc) is 2.32. The lowest BCUT2D eigenvalue weighted by atomic mass is 10.3. The van der Waals surface area contributed by atoms with E-state index >= 15 is 0 Å². The molecular formula is C11H16BrN3O3. The third-order valence-electron chi connectivity index (χ3n) is 2.41. The smallest absolute Gasteiger partial charge is 0.317 e. The van der Waals surface area contributed by atoms with Crippen LogP contribution < -0.4 is 10.9 Å². The monoisotopic (exact) mass is 317 g/mol. The molecule has 1 aromatic heterocycles. The Bertz CT molecular complexity index is 473. The molecule has 1 heterocycles. The van der Waals surface area contributed by atoms with E-state index in [2.05, 4.69) is 28.2 Å². The van der Waals surface area contributed by atoms with Gasteiger partial charge in [-0.3, -0.25) is 14.9 Å². The number of hydrogen-bond acceptors (Lipinski definition) is 4. The minimum atomic E-state index is -0.654. The molecule has 100 valence electrons. The maximum Gasteiger partial charge on any atom is 0.335 e. The highest BCUT2D eigenvalue weighted by Crippen LogP contribution is 2.13. The van der Waals surface area contributed by atoms with Gasteiger partial charge in [0.25, 0.3) is 0 Å². The predicted octanol–water partition coefficient (Wildman–Crippen LogP) is 1.91. The average molecular weight is 318 g/mol. The van der Waals surface area contributed by atoms with Gasteiger partial charge in [0, 0.05) is 23.3 Å². The van der Waals surface area contributed by atoms with Gasteiger partial charge in [-0.25, -0.2) is 0 Å². The molecule has 0 radical (unpaired) electrons. The summed E-state index contributed by atoms with van der Waals surface area (Å²) in [5.41, 5.74) is -0.954. The van der Waals surface area contributed by atoms with Crippen LogP contribution in [-0.4, -0.2) is 22.6 Å². The third-order valence-corrected chi connectivity index (χ3v) is 2.84. The Labute approximate surface area is 113 Å². The van der Waals surface area contributed by atoms with Crippen molar-refractivity contribution >= 4 is 21.6 Å². The Morgan fingerprint density at radius 1 is 1.50 bits per heavy atom. The summed E-state index contributed by atoms with van der Waals surface area (Å²) in [6.07, 6.45) is 3.39. The Morgan fingerprint density at radius 3 is 2.83 bits per heavy atom. The van der Waals surface area contributed by atoms with E-state index in [4.69, 9.17) is 0 Å². The maximum atomic E-state index is 11.8. The van der Waals surface area contributed by atoms with Gasteiger partial charge < -0.3 is 9.88 Å². The van der Waals surface area contributed by atoms with Crippen LogP contribution in [0.1, 0.15) is 19.8 Å². The van der Waals surface area contributed by atoms with Gasteiger partial charge in [0.2, 0.25) is 0 Å². The van der Waals surface area contributed by atoms with E-state index in [9.17, 15) is 14.9 Å². The van der Waals surface area contributed by atoms with Crippen molar-refractivity contribution in [3.05, 3.63) is 37.2 Å². The van der Waals surface area contributed by atoms with E-state index in [1.165, 1.54) is 10.6 Å². The van der Waals surface area contributed by atoms with E-state index in [-0.39, 0.29) is 0 Å². The second-order valence-corrected chi connectivity index (χ2v) is 4.82. The van der Waals surface area contributed by atoms with Gasteiger partial charge in [-0.2, -0.15) is 0 Å². The Morgan fingerprint density at radius 2 is 2.22 bits per heavy atom. The second kappa shape index (κ2) is 7.27. The third kappa shape index (κ3) is 4.23. The number of halogens is 1. The zero-order valence-electron chi connectivity index (χ0n) is 10.2. The highest BCUT2D eigenvalue weighted by Gasteiger charge is 2.15. The van der Waals surface area contributed by atoms with Gasteiger partial charge in [-0.1, -0.05) is 6.92 Å². The van der Waals surface area contributed by atoms with Gasteiger partial charge >= 0.3 is 11.2 Å². The zero-order chi connectivity index (χ0) is 13.5. The Kier molecular flexibility index (Phi) is 6.00. The van der Waals surface area contributed by atoms with Crippen molar-refractivity contribution in [2.75, 3.05) is 13.1 Å². The summed E-state index contributed by atoms with van der Waals surface area (Å²) < 4.78 is 1.91. The first-order chi connectivity index (χ1) is 8.56. The van der Waals surface area contributed by atoms with Crippen molar-refractivity contribution in [3.8, 4) is 0 Å². The molecule has 1 N–H and O–H groups in total. The molecule has 0 atom stereocenters. The van der Waals surface area contributed by atoms with Crippen LogP contribution >= 0.6 is 15.9 Å². The highest BCUT2D eigenvalue weighted by atomic mass is 79.9. The first-order valence-electron chi connectivity index (χ1n) is 5.81. The number of rotatable bonds is 7. The van der Waals surface area contributed by atoms with Crippen LogP contribution in [0.25, 0.3) is 0 Å². The van der Waals surface area contributed by atoms with Gasteiger partial charge in [0.05, 0.1) is 4.92 Å². The standard InChI is InChI=1S/C11H16BrN3O3/c1-2-4-13-5-3-6-14-8-9(12)7-10(11(14)16)15(17)18/h7-8,13H,2-6H2,1H3. The van der Waals surface area contributed by atoms with E-state index < -0.39 is 16.2 Å². The number of aryl methyl sites for hydroxylation is 1. The summed E-state index contributed by atoms with van der Waals surface area (Å²) in [7, 11) is 0. The SMILES string of the molecule is CCCNCCCn1cc(Br)cc([N+](=O)[O-])c1=O. The fourth-order valence-corrected chi connectivity index (χ4v) is 2.02. The molecule has 0 saturated heterocycles. The minimum Gasteiger partial charge on any atom is -0.317 e. The Balaban J connectivity index is 2.71. The molecular weight excluding hydrogens is 302 g/mol. The molecule has 0 bridgehead atoms. The van der Waals surface area contributed by atoms with Crippen molar-refractivity contribution in [1.29, 1.82) is 0 Å². The zero-order valence-corrected chi connectivity index (χ0v) is 11.8. The van der Waals surface area contributed by atoms with Gasteiger partial charge in [0.1, 0.15) is 0 Å². The van der Waals surface area contributed by atoms with E-state index in [0.29, 0.717) is 11.0 Å².